The number of hydrogen-bond acceptors (Lipinski definition) is 4. The summed E-state index contributed by atoms with van der Waals surface area (Å²) in [4.78, 5) is 35.7. The van der Waals surface area contributed by atoms with Gasteiger partial charge < -0.3 is 15.4 Å². The van der Waals surface area contributed by atoms with E-state index in [1.54, 1.807) is 6.92 Å². The Labute approximate surface area is 137 Å². The minimum atomic E-state index is -0.824. The van der Waals surface area contributed by atoms with Crippen LogP contribution < -0.4 is 10.6 Å². The summed E-state index contributed by atoms with van der Waals surface area (Å²) in [5, 5.41) is 5.52. The molecule has 2 N–H and O–H groups in total. The van der Waals surface area contributed by atoms with E-state index in [1.807, 2.05) is 0 Å². The Hall–Kier alpha value is -1.59. The first kappa shape index (κ1) is 17.8. The van der Waals surface area contributed by atoms with Crippen molar-refractivity contribution in [3.8, 4) is 0 Å². The largest absolute Gasteiger partial charge is 0.451 e. The molecule has 6 heteroatoms. The quantitative estimate of drug-likeness (QED) is 0.728. The molecule has 0 aromatic carbocycles. The van der Waals surface area contributed by atoms with E-state index in [0.717, 1.165) is 51.4 Å². The van der Waals surface area contributed by atoms with Gasteiger partial charge in [0.15, 0.2) is 6.10 Å². The van der Waals surface area contributed by atoms with Crippen molar-refractivity contribution in [2.24, 2.45) is 5.92 Å². The molecule has 0 heterocycles. The molecule has 0 aliphatic heterocycles. The van der Waals surface area contributed by atoms with Gasteiger partial charge in [-0.1, -0.05) is 32.1 Å². The van der Waals surface area contributed by atoms with E-state index < -0.39 is 12.1 Å². The van der Waals surface area contributed by atoms with Crippen molar-refractivity contribution in [2.45, 2.75) is 76.9 Å². The van der Waals surface area contributed by atoms with Gasteiger partial charge in [0.2, 0.25) is 5.91 Å². The Morgan fingerprint density at radius 3 is 2.26 bits per heavy atom. The first-order valence-corrected chi connectivity index (χ1v) is 8.84. The molecule has 2 fully saturated rings. The van der Waals surface area contributed by atoms with Crippen molar-refractivity contribution >= 4 is 17.8 Å². The van der Waals surface area contributed by atoms with Gasteiger partial charge >= 0.3 is 5.97 Å². The number of esters is 1. The number of hydrogen-bond donors (Lipinski definition) is 2. The predicted molar refractivity (Wildman–Crippen MR) is 85.5 cm³/mol. The van der Waals surface area contributed by atoms with Crippen molar-refractivity contribution in [1.29, 1.82) is 0 Å². The van der Waals surface area contributed by atoms with Crippen LogP contribution in [0.1, 0.15) is 64.7 Å². The van der Waals surface area contributed by atoms with Crippen LogP contribution in [-0.2, 0) is 19.1 Å². The molecule has 0 radical (unpaired) electrons. The molecule has 2 amide bonds. The van der Waals surface area contributed by atoms with Gasteiger partial charge in [-0.25, -0.2) is 0 Å². The number of carbonyl (C=O) groups excluding carboxylic acids is 3. The lowest BCUT2D eigenvalue weighted by atomic mass is 9.89. The first-order valence-electron chi connectivity index (χ1n) is 8.84. The minimum Gasteiger partial charge on any atom is -0.451 e. The Morgan fingerprint density at radius 1 is 1.00 bits per heavy atom. The lowest BCUT2D eigenvalue weighted by Crippen LogP contribution is -2.42. The molecule has 2 rings (SSSR count). The van der Waals surface area contributed by atoms with Crippen LogP contribution in [0.4, 0.5) is 0 Å². The molecule has 6 nitrogen and oxygen atoms in total. The third-order valence-electron chi connectivity index (χ3n) is 4.76. The smallest absolute Gasteiger partial charge is 0.326 e. The maximum Gasteiger partial charge on any atom is 0.326 e. The van der Waals surface area contributed by atoms with Gasteiger partial charge in [-0.05, 0) is 32.6 Å². The van der Waals surface area contributed by atoms with Gasteiger partial charge in [0, 0.05) is 12.0 Å². The van der Waals surface area contributed by atoms with Gasteiger partial charge in [-0.15, -0.1) is 0 Å². The summed E-state index contributed by atoms with van der Waals surface area (Å²) >= 11 is 0. The first-order chi connectivity index (χ1) is 11.1. The third-order valence-corrected chi connectivity index (χ3v) is 4.76. The summed E-state index contributed by atoms with van der Waals surface area (Å²) < 4.78 is 5.09. The SMILES string of the molecule is C[C@@H](OC(=O)CNC(=O)C1CCCCC1)C(=O)NC1CCCC1. The summed E-state index contributed by atoms with van der Waals surface area (Å²) in [6.45, 7) is 1.39. The van der Waals surface area contributed by atoms with Crippen LogP contribution in [0, 0.1) is 5.92 Å². The van der Waals surface area contributed by atoms with Crippen molar-refractivity contribution in [1.82, 2.24) is 10.6 Å². The lowest BCUT2D eigenvalue weighted by molar-refractivity contribution is -0.154. The molecule has 1 atom stereocenters. The molecule has 0 unspecified atom stereocenters. The van der Waals surface area contributed by atoms with Gasteiger partial charge in [0.05, 0.1) is 0 Å². The van der Waals surface area contributed by atoms with E-state index in [4.69, 9.17) is 4.74 Å². The second-order valence-corrected chi connectivity index (χ2v) is 6.67. The highest BCUT2D eigenvalue weighted by Gasteiger charge is 2.24. The lowest BCUT2D eigenvalue weighted by Gasteiger charge is -2.21. The molecule has 2 aliphatic rings. The molecule has 0 spiro atoms. The molecule has 130 valence electrons. The third kappa shape index (κ3) is 5.84. The van der Waals surface area contributed by atoms with Crippen molar-refractivity contribution in [2.75, 3.05) is 6.54 Å². The molecule has 2 saturated carbocycles. The molecule has 0 bridgehead atoms. The van der Waals surface area contributed by atoms with Crippen LogP contribution in [0.5, 0.6) is 0 Å². The molecule has 0 aromatic rings. The highest BCUT2D eigenvalue weighted by molar-refractivity contribution is 5.86. The highest BCUT2D eigenvalue weighted by atomic mass is 16.5. The van der Waals surface area contributed by atoms with Crippen LogP contribution in [0.3, 0.4) is 0 Å². The van der Waals surface area contributed by atoms with Crippen molar-refractivity contribution in [3.63, 3.8) is 0 Å². The Kier molecular flexibility index (Phi) is 6.86. The predicted octanol–water partition coefficient (Wildman–Crippen LogP) is 1.67. The van der Waals surface area contributed by atoms with Gasteiger partial charge in [0.25, 0.3) is 5.91 Å². The maximum absolute atomic E-state index is 12.0. The number of ether oxygens (including phenoxy) is 1. The normalized spacial score (nSPS) is 20.7. The zero-order valence-corrected chi connectivity index (χ0v) is 13.9. The summed E-state index contributed by atoms with van der Waals surface area (Å²) in [5.41, 5.74) is 0. The number of amides is 2. The van der Waals surface area contributed by atoms with Crippen molar-refractivity contribution in [3.05, 3.63) is 0 Å². The average molecular weight is 324 g/mol. The summed E-state index contributed by atoms with van der Waals surface area (Å²) in [6.07, 6.45) is 8.52. The molecule has 0 aromatic heterocycles. The van der Waals surface area contributed by atoms with Crippen LogP contribution in [0.15, 0.2) is 0 Å². The molecule has 0 saturated heterocycles. The fraction of sp³-hybridized carbons (Fsp3) is 0.824. The Morgan fingerprint density at radius 2 is 1.61 bits per heavy atom. The van der Waals surface area contributed by atoms with E-state index in [-0.39, 0.29) is 30.3 Å². The maximum atomic E-state index is 12.0. The van der Waals surface area contributed by atoms with Gasteiger partial charge in [-0.3, -0.25) is 14.4 Å². The van der Waals surface area contributed by atoms with E-state index in [0.29, 0.717) is 0 Å². The topological polar surface area (TPSA) is 84.5 Å². The number of rotatable bonds is 6. The van der Waals surface area contributed by atoms with Crippen LogP contribution >= 0.6 is 0 Å². The van der Waals surface area contributed by atoms with Crippen LogP contribution in [0.2, 0.25) is 0 Å². The second kappa shape index (κ2) is 8.89. The van der Waals surface area contributed by atoms with Crippen LogP contribution in [0.25, 0.3) is 0 Å². The average Bonchev–Trinajstić information content (AvgIpc) is 3.06. The van der Waals surface area contributed by atoms with Crippen molar-refractivity contribution < 1.29 is 19.1 Å². The summed E-state index contributed by atoms with van der Waals surface area (Å²) in [5.74, 6) is -0.892. The van der Waals surface area contributed by atoms with E-state index in [1.165, 1.54) is 6.42 Å². The highest BCUT2D eigenvalue weighted by Crippen LogP contribution is 2.23. The molecule has 2 aliphatic carbocycles. The zero-order chi connectivity index (χ0) is 16.7. The monoisotopic (exact) mass is 324 g/mol. The van der Waals surface area contributed by atoms with E-state index in [2.05, 4.69) is 10.6 Å². The molecular formula is C17H28N2O4. The summed E-state index contributed by atoms with van der Waals surface area (Å²) in [7, 11) is 0. The standard InChI is InChI=1S/C17H28N2O4/c1-12(16(21)19-14-9-5-6-10-14)23-15(20)11-18-17(22)13-7-3-2-4-8-13/h12-14H,2-11H2,1H3,(H,18,22)(H,19,21)/t12-/m1/s1. The van der Waals surface area contributed by atoms with E-state index in [9.17, 15) is 14.4 Å². The van der Waals surface area contributed by atoms with Gasteiger partial charge in [-0.2, -0.15) is 0 Å². The fourth-order valence-electron chi connectivity index (χ4n) is 3.35. The second-order valence-electron chi connectivity index (χ2n) is 6.67. The Balaban J connectivity index is 1.64. The minimum absolute atomic E-state index is 0.0136. The Bertz CT molecular complexity index is 426. The fourth-order valence-corrected chi connectivity index (χ4v) is 3.35. The number of nitrogens with one attached hydrogen (secondary N) is 2. The van der Waals surface area contributed by atoms with Crippen LogP contribution in [-0.4, -0.2) is 36.5 Å². The van der Waals surface area contributed by atoms with Gasteiger partial charge in [0.1, 0.15) is 6.54 Å². The van der Waals surface area contributed by atoms with E-state index >= 15 is 0 Å². The number of carbonyl (C=O) groups is 3. The summed E-state index contributed by atoms with van der Waals surface area (Å²) in [6, 6.07) is 0.203. The molecular weight excluding hydrogens is 296 g/mol. The zero-order valence-electron chi connectivity index (χ0n) is 13.9. The molecule has 23 heavy (non-hydrogen) atoms.